The molecule has 0 aromatic rings. The number of hydrogen-bond acceptors (Lipinski definition) is 4. The quantitative estimate of drug-likeness (QED) is 0.713. The Morgan fingerprint density at radius 1 is 1.62 bits per heavy atom. The second-order valence-electron chi connectivity index (χ2n) is 5.11. The summed E-state index contributed by atoms with van der Waals surface area (Å²) >= 11 is 0. The van der Waals surface area contributed by atoms with E-state index in [4.69, 9.17) is 5.73 Å². The van der Waals surface area contributed by atoms with Gasteiger partial charge in [0.25, 0.3) is 0 Å². The van der Waals surface area contributed by atoms with Crippen LogP contribution >= 0.6 is 0 Å². The van der Waals surface area contributed by atoms with E-state index >= 15 is 0 Å². The molecule has 2 aliphatic rings. The Morgan fingerprint density at radius 3 is 2.94 bits per heavy atom. The Morgan fingerprint density at radius 2 is 2.38 bits per heavy atom. The smallest absolute Gasteiger partial charge is 0.192 e. The van der Waals surface area contributed by atoms with E-state index < -0.39 is 0 Å². The molecule has 2 rings (SSSR count). The molecule has 1 spiro atoms. The highest BCUT2D eigenvalue weighted by atomic mass is 15.4. The molecule has 0 radical (unpaired) electrons. The molecular weight excluding hydrogens is 200 g/mol. The van der Waals surface area contributed by atoms with Gasteiger partial charge >= 0.3 is 0 Å². The molecule has 0 bridgehead atoms. The van der Waals surface area contributed by atoms with Crippen molar-refractivity contribution in [2.24, 2.45) is 10.7 Å². The fourth-order valence-electron chi connectivity index (χ4n) is 2.74. The maximum atomic E-state index is 5.95. The van der Waals surface area contributed by atoms with Crippen LogP contribution in [-0.2, 0) is 0 Å². The van der Waals surface area contributed by atoms with Gasteiger partial charge in [-0.15, -0.1) is 6.58 Å². The first-order chi connectivity index (χ1) is 7.59. The van der Waals surface area contributed by atoms with Crippen LogP contribution in [0.5, 0.6) is 0 Å². The summed E-state index contributed by atoms with van der Waals surface area (Å²) in [5.41, 5.74) is 6.09. The molecule has 2 N–H and O–H groups in total. The van der Waals surface area contributed by atoms with Crippen molar-refractivity contribution in [1.82, 2.24) is 9.80 Å². The van der Waals surface area contributed by atoms with Gasteiger partial charge in [0.15, 0.2) is 5.96 Å². The molecule has 4 heteroatoms. The predicted octanol–water partition coefficient (Wildman–Crippen LogP) is 0.656. The summed E-state index contributed by atoms with van der Waals surface area (Å²) in [4.78, 5) is 9.14. The zero-order chi connectivity index (χ0) is 11.8. The molecule has 0 aliphatic carbocycles. The standard InChI is InChI=1S/C12H22N4/c1-4-6-16-11(13)14-8-12(16)5-7-15(9-12)10(2)3/h4,10H,1,5-9H2,2-3H3,(H2,13,14). The van der Waals surface area contributed by atoms with Crippen LogP contribution in [0.1, 0.15) is 20.3 Å². The number of rotatable bonds is 3. The number of nitrogens with zero attached hydrogens (tertiary/aromatic N) is 3. The highest BCUT2D eigenvalue weighted by Gasteiger charge is 2.46. The molecular formula is C12H22N4. The third-order valence-corrected chi connectivity index (χ3v) is 3.79. The van der Waals surface area contributed by atoms with Gasteiger partial charge in [0, 0.05) is 25.7 Å². The Hall–Kier alpha value is -1.03. The van der Waals surface area contributed by atoms with Crippen LogP contribution in [0.15, 0.2) is 17.6 Å². The van der Waals surface area contributed by atoms with E-state index in [2.05, 4.69) is 35.2 Å². The van der Waals surface area contributed by atoms with Gasteiger partial charge in [0.2, 0.25) is 0 Å². The van der Waals surface area contributed by atoms with Crippen molar-refractivity contribution in [3.63, 3.8) is 0 Å². The molecule has 0 saturated carbocycles. The number of likely N-dealkylation sites (tertiary alicyclic amines) is 1. The van der Waals surface area contributed by atoms with Gasteiger partial charge in [-0.3, -0.25) is 9.89 Å². The van der Waals surface area contributed by atoms with Gasteiger partial charge in [0.1, 0.15) is 0 Å². The van der Waals surface area contributed by atoms with E-state index in [1.54, 1.807) is 0 Å². The minimum absolute atomic E-state index is 0.141. The first kappa shape index (κ1) is 11.5. The molecule has 0 amide bonds. The second-order valence-corrected chi connectivity index (χ2v) is 5.11. The van der Waals surface area contributed by atoms with Crippen molar-refractivity contribution in [2.75, 3.05) is 26.2 Å². The lowest BCUT2D eigenvalue weighted by Crippen LogP contribution is -2.53. The highest BCUT2D eigenvalue weighted by Crippen LogP contribution is 2.32. The molecule has 90 valence electrons. The summed E-state index contributed by atoms with van der Waals surface area (Å²) in [5.74, 6) is 0.686. The van der Waals surface area contributed by atoms with Crippen LogP contribution in [0.3, 0.4) is 0 Å². The second kappa shape index (κ2) is 4.09. The summed E-state index contributed by atoms with van der Waals surface area (Å²) in [7, 11) is 0. The van der Waals surface area contributed by atoms with E-state index in [0.29, 0.717) is 12.0 Å². The Kier molecular flexibility index (Phi) is 2.93. The number of nitrogens with two attached hydrogens (primary N) is 1. The average Bonchev–Trinajstić information content (AvgIpc) is 2.79. The number of guanidine groups is 1. The topological polar surface area (TPSA) is 44.9 Å². The van der Waals surface area contributed by atoms with Crippen molar-refractivity contribution in [1.29, 1.82) is 0 Å². The Balaban J connectivity index is 2.12. The van der Waals surface area contributed by atoms with Crippen molar-refractivity contribution in [3.05, 3.63) is 12.7 Å². The zero-order valence-corrected chi connectivity index (χ0v) is 10.3. The summed E-state index contributed by atoms with van der Waals surface area (Å²) < 4.78 is 0. The molecule has 0 aromatic carbocycles. The fraction of sp³-hybridized carbons (Fsp3) is 0.750. The van der Waals surface area contributed by atoms with Gasteiger partial charge in [-0.05, 0) is 20.3 Å². The maximum absolute atomic E-state index is 5.95. The Bertz CT molecular complexity index is 310. The summed E-state index contributed by atoms with van der Waals surface area (Å²) in [6, 6.07) is 0.604. The van der Waals surface area contributed by atoms with E-state index in [1.807, 2.05) is 6.08 Å². The minimum Gasteiger partial charge on any atom is -0.370 e. The van der Waals surface area contributed by atoms with Gasteiger partial charge < -0.3 is 10.6 Å². The van der Waals surface area contributed by atoms with Crippen LogP contribution in [0.2, 0.25) is 0 Å². The normalized spacial score (nSPS) is 30.4. The summed E-state index contributed by atoms with van der Waals surface area (Å²) in [6.07, 6.45) is 3.07. The first-order valence-corrected chi connectivity index (χ1v) is 6.01. The molecule has 1 unspecified atom stereocenters. The molecule has 0 aromatic heterocycles. The molecule has 16 heavy (non-hydrogen) atoms. The average molecular weight is 222 g/mol. The third-order valence-electron chi connectivity index (χ3n) is 3.79. The Labute approximate surface area is 97.8 Å². The zero-order valence-electron chi connectivity index (χ0n) is 10.3. The van der Waals surface area contributed by atoms with Gasteiger partial charge in [-0.1, -0.05) is 6.08 Å². The van der Waals surface area contributed by atoms with Crippen LogP contribution in [0.25, 0.3) is 0 Å². The van der Waals surface area contributed by atoms with E-state index in [0.717, 1.165) is 32.6 Å². The minimum atomic E-state index is 0.141. The van der Waals surface area contributed by atoms with Crippen molar-refractivity contribution >= 4 is 5.96 Å². The lowest BCUT2D eigenvalue weighted by molar-refractivity contribution is 0.192. The van der Waals surface area contributed by atoms with E-state index in [1.165, 1.54) is 0 Å². The SMILES string of the molecule is C=CCN1C(N)=NCC12CCN(C(C)C)C2. The lowest BCUT2D eigenvalue weighted by atomic mass is 9.97. The van der Waals surface area contributed by atoms with Crippen molar-refractivity contribution in [2.45, 2.75) is 31.8 Å². The highest BCUT2D eigenvalue weighted by molar-refractivity contribution is 5.81. The fourth-order valence-corrected chi connectivity index (χ4v) is 2.74. The van der Waals surface area contributed by atoms with Crippen molar-refractivity contribution < 1.29 is 0 Å². The summed E-state index contributed by atoms with van der Waals surface area (Å²) in [6.45, 7) is 12.2. The first-order valence-electron chi connectivity index (χ1n) is 6.01. The van der Waals surface area contributed by atoms with Gasteiger partial charge in [-0.2, -0.15) is 0 Å². The molecule has 1 saturated heterocycles. The monoisotopic (exact) mass is 222 g/mol. The van der Waals surface area contributed by atoms with Crippen LogP contribution in [-0.4, -0.2) is 53.5 Å². The summed E-state index contributed by atoms with van der Waals surface area (Å²) in [5, 5.41) is 0. The van der Waals surface area contributed by atoms with Crippen LogP contribution in [0.4, 0.5) is 0 Å². The largest absolute Gasteiger partial charge is 0.370 e. The maximum Gasteiger partial charge on any atom is 0.192 e. The lowest BCUT2D eigenvalue weighted by Gasteiger charge is -2.35. The third kappa shape index (κ3) is 1.71. The molecule has 1 atom stereocenters. The molecule has 1 fully saturated rings. The van der Waals surface area contributed by atoms with Crippen LogP contribution < -0.4 is 5.73 Å². The predicted molar refractivity (Wildman–Crippen MR) is 67.4 cm³/mol. The van der Waals surface area contributed by atoms with Gasteiger partial charge in [0.05, 0.1) is 12.1 Å². The molecule has 2 aliphatic heterocycles. The number of aliphatic imine (C=N–C) groups is 1. The van der Waals surface area contributed by atoms with Crippen molar-refractivity contribution in [3.8, 4) is 0 Å². The van der Waals surface area contributed by atoms with E-state index in [9.17, 15) is 0 Å². The van der Waals surface area contributed by atoms with Crippen LogP contribution in [0, 0.1) is 0 Å². The molecule has 2 heterocycles. The van der Waals surface area contributed by atoms with E-state index in [-0.39, 0.29) is 5.54 Å². The molecule has 4 nitrogen and oxygen atoms in total. The number of hydrogen-bond donors (Lipinski definition) is 1. The van der Waals surface area contributed by atoms with Gasteiger partial charge in [-0.25, -0.2) is 0 Å².